The lowest BCUT2D eigenvalue weighted by atomic mass is 10.00. The van der Waals surface area contributed by atoms with E-state index in [0.29, 0.717) is 5.92 Å². The van der Waals surface area contributed by atoms with Crippen LogP contribution in [0.1, 0.15) is 18.4 Å². The van der Waals surface area contributed by atoms with Crippen molar-refractivity contribution in [3.8, 4) is 0 Å². The van der Waals surface area contributed by atoms with Gasteiger partial charge in [-0.05, 0) is 36.9 Å². The zero-order valence-corrected chi connectivity index (χ0v) is 9.66. The Labute approximate surface area is 96.3 Å². The average molecular weight is 225 g/mol. The predicted molar refractivity (Wildman–Crippen MR) is 63.0 cm³/mol. The molecule has 3 heteroatoms. The van der Waals surface area contributed by atoms with Crippen molar-refractivity contribution in [2.24, 2.45) is 5.92 Å². The molecule has 2 rings (SSSR count). The molecule has 0 bridgehead atoms. The summed E-state index contributed by atoms with van der Waals surface area (Å²) in [5, 5.41) is 0. The molecular formula is C12H17ClN2. The molecule has 1 aliphatic rings. The number of hydrogen-bond donors (Lipinski definition) is 0. The van der Waals surface area contributed by atoms with Gasteiger partial charge in [-0.25, -0.2) is 0 Å². The van der Waals surface area contributed by atoms with Crippen molar-refractivity contribution in [1.29, 1.82) is 0 Å². The van der Waals surface area contributed by atoms with Gasteiger partial charge in [-0.3, -0.25) is 9.88 Å². The third kappa shape index (κ3) is 3.18. The Kier molecular flexibility index (Phi) is 3.98. The number of halogens is 1. The summed E-state index contributed by atoms with van der Waals surface area (Å²) < 4.78 is 0. The van der Waals surface area contributed by atoms with Gasteiger partial charge in [0.25, 0.3) is 0 Å². The van der Waals surface area contributed by atoms with E-state index in [2.05, 4.69) is 16.0 Å². The van der Waals surface area contributed by atoms with Crippen LogP contribution in [-0.4, -0.2) is 28.9 Å². The number of piperidine rings is 1. The molecule has 1 aromatic heterocycles. The average Bonchev–Trinajstić information content (AvgIpc) is 2.31. The first-order valence-electron chi connectivity index (χ1n) is 5.55. The molecule has 2 nitrogen and oxygen atoms in total. The molecule has 0 aliphatic carbocycles. The first-order valence-corrected chi connectivity index (χ1v) is 6.09. The lowest BCUT2D eigenvalue weighted by Crippen LogP contribution is -2.35. The highest BCUT2D eigenvalue weighted by molar-refractivity contribution is 6.18. The molecule has 82 valence electrons. The Morgan fingerprint density at radius 2 is 2.47 bits per heavy atom. The number of likely N-dealkylation sites (tertiary alicyclic amines) is 1. The summed E-state index contributed by atoms with van der Waals surface area (Å²) in [6, 6.07) is 4.13. The number of hydrogen-bond acceptors (Lipinski definition) is 2. The maximum atomic E-state index is 5.91. The number of rotatable bonds is 3. The van der Waals surface area contributed by atoms with Crippen molar-refractivity contribution in [3.05, 3.63) is 30.1 Å². The zero-order chi connectivity index (χ0) is 10.5. The number of aromatic nitrogens is 1. The van der Waals surface area contributed by atoms with Gasteiger partial charge in [-0.2, -0.15) is 0 Å². The highest BCUT2D eigenvalue weighted by Crippen LogP contribution is 2.19. The maximum absolute atomic E-state index is 5.91. The second kappa shape index (κ2) is 5.47. The molecule has 1 unspecified atom stereocenters. The topological polar surface area (TPSA) is 16.1 Å². The molecule has 0 N–H and O–H groups in total. The molecule has 1 aromatic rings. The highest BCUT2D eigenvalue weighted by atomic mass is 35.5. The van der Waals surface area contributed by atoms with E-state index in [-0.39, 0.29) is 0 Å². The molecule has 0 saturated carbocycles. The lowest BCUT2D eigenvalue weighted by Gasteiger charge is -2.31. The van der Waals surface area contributed by atoms with Crippen LogP contribution >= 0.6 is 11.6 Å². The van der Waals surface area contributed by atoms with E-state index in [4.69, 9.17) is 11.6 Å². The van der Waals surface area contributed by atoms with Gasteiger partial charge < -0.3 is 0 Å². The fraction of sp³-hybridized carbons (Fsp3) is 0.583. The van der Waals surface area contributed by atoms with Crippen LogP contribution in [0.25, 0.3) is 0 Å². The molecule has 1 fully saturated rings. The summed E-state index contributed by atoms with van der Waals surface area (Å²) in [5.74, 6) is 1.47. The van der Waals surface area contributed by atoms with Crippen molar-refractivity contribution in [1.82, 2.24) is 9.88 Å². The summed E-state index contributed by atoms with van der Waals surface area (Å²) in [7, 11) is 0. The third-order valence-corrected chi connectivity index (χ3v) is 3.39. The van der Waals surface area contributed by atoms with Gasteiger partial charge >= 0.3 is 0 Å². The minimum absolute atomic E-state index is 0.678. The molecule has 2 heterocycles. The smallest absolute Gasteiger partial charge is 0.0312 e. The fourth-order valence-electron chi connectivity index (χ4n) is 2.17. The van der Waals surface area contributed by atoms with Gasteiger partial charge in [0, 0.05) is 31.4 Å². The van der Waals surface area contributed by atoms with Crippen LogP contribution in [0.15, 0.2) is 24.5 Å². The van der Waals surface area contributed by atoms with Gasteiger partial charge in [-0.15, -0.1) is 11.6 Å². The first-order chi connectivity index (χ1) is 7.38. The van der Waals surface area contributed by atoms with Crippen molar-refractivity contribution in [2.75, 3.05) is 19.0 Å². The summed E-state index contributed by atoms with van der Waals surface area (Å²) >= 11 is 5.91. The van der Waals surface area contributed by atoms with E-state index in [1.807, 2.05) is 18.5 Å². The van der Waals surface area contributed by atoms with E-state index in [1.54, 1.807) is 0 Å². The fourth-order valence-corrected chi connectivity index (χ4v) is 2.42. The van der Waals surface area contributed by atoms with Crippen LogP contribution < -0.4 is 0 Å². The van der Waals surface area contributed by atoms with Crippen LogP contribution in [-0.2, 0) is 6.54 Å². The van der Waals surface area contributed by atoms with Gasteiger partial charge in [0.1, 0.15) is 0 Å². The standard InChI is InChI=1S/C12H17ClN2/c13-7-11-4-2-6-15(9-11)10-12-3-1-5-14-8-12/h1,3,5,8,11H,2,4,6-7,9-10H2. The third-order valence-electron chi connectivity index (χ3n) is 2.95. The van der Waals surface area contributed by atoms with Crippen LogP contribution in [0.3, 0.4) is 0 Å². The largest absolute Gasteiger partial charge is 0.299 e. The van der Waals surface area contributed by atoms with Crippen LogP contribution in [0.5, 0.6) is 0 Å². The maximum Gasteiger partial charge on any atom is 0.0312 e. The highest BCUT2D eigenvalue weighted by Gasteiger charge is 2.18. The summed E-state index contributed by atoms with van der Waals surface area (Å²) in [6.07, 6.45) is 6.33. The number of pyridine rings is 1. The minimum Gasteiger partial charge on any atom is -0.299 e. The Hall–Kier alpha value is -0.600. The quantitative estimate of drug-likeness (QED) is 0.734. The minimum atomic E-state index is 0.678. The van der Waals surface area contributed by atoms with Gasteiger partial charge in [-0.1, -0.05) is 6.07 Å². The first kappa shape index (κ1) is 10.9. The molecule has 1 aliphatic heterocycles. The van der Waals surface area contributed by atoms with E-state index in [1.165, 1.54) is 24.9 Å². The summed E-state index contributed by atoms with van der Waals surface area (Å²) in [6.45, 7) is 3.35. The molecule has 15 heavy (non-hydrogen) atoms. The van der Waals surface area contributed by atoms with Crippen molar-refractivity contribution in [2.45, 2.75) is 19.4 Å². The van der Waals surface area contributed by atoms with E-state index >= 15 is 0 Å². The molecule has 0 aromatic carbocycles. The summed E-state index contributed by atoms with van der Waals surface area (Å²) in [5.41, 5.74) is 1.30. The second-order valence-electron chi connectivity index (χ2n) is 4.26. The monoisotopic (exact) mass is 224 g/mol. The Balaban J connectivity index is 1.89. The van der Waals surface area contributed by atoms with Gasteiger partial charge in [0.2, 0.25) is 0 Å². The molecule has 0 radical (unpaired) electrons. The van der Waals surface area contributed by atoms with Crippen molar-refractivity contribution >= 4 is 11.6 Å². The van der Waals surface area contributed by atoms with E-state index in [9.17, 15) is 0 Å². The lowest BCUT2D eigenvalue weighted by molar-refractivity contribution is 0.178. The van der Waals surface area contributed by atoms with Gasteiger partial charge in [0.05, 0.1) is 0 Å². The Bertz CT molecular complexity index is 289. The van der Waals surface area contributed by atoms with Crippen LogP contribution in [0.4, 0.5) is 0 Å². The van der Waals surface area contributed by atoms with Crippen molar-refractivity contribution in [3.63, 3.8) is 0 Å². The SMILES string of the molecule is ClCC1CCCN(Cc2cccnc2)C1. The molecule has 0 amide bonds. The second-order valence-corrected chi connectivity index (χ2v) is 4.57. The summed E-state index contributed by atoms with van der Waals surface area (Å²) in [4.78, 5) is 6.62. The van der Waals surface area contributed by atoms with E-state index < -0.39 is 0 Å². The molecule has 1 atom stereocenters. The van der Waals surface area contributed by atoms with Gasteiger partial charge in [0.15, 0.2) is 0 Å². The van der Waals surface area contributed by atoms with Crippen LogP contribution in [0.2, 0.25) is 0 Å². The van der Waals surface area contributed by atoms with Crippen LogP contribution in [0, 0.1) is 5.92 Å². The predicted octanol–water partition coefficient (Wildman–Crippen LogP) is 2.53. The number of alkyl halides is 1. The molecule has 1 saturated heterocycles. The van der Waals surface area contributed by atoms with Crippen molar-refractivity contribution < 1.29 is 0 Å². The normalized spacial score (nSPS) is 22.9. The Morgan fingerprint density at radius 3 is 3.20 bits per heavy atom. The number of nitrogens with zero attached hydrogens (tertiary/aromatic N) is 2. The molecule has 0 spiro atoms. The Morgan fingerprint density at radius 1 is 1.53 bits per heavy atom. The van der Waals surface area contributed by atoms with E-state index in [0.717, 1.165) is 19.0 Å². The molecular weight excluding hydrogens is 208 g/mol. The zero-order valence-electron chi connectivity index (χ0n) is 8.90.